The lowest BCUT2D eigenvalue weighted by Gasteiger charge is -2.13. The first kappa shape index (κ1) is 20.3. The molecule has 152 valence electrons. The number of sulfonamides is 1. The molecule has 1 fully saturated rings. The summed E-state index contributed by atoms with van der Waals surface area (Å²) in [5.41, 5.74) is 1.98. The number of carbonyl (C=O) groups is 1. The maximum atomic E-state index is 12.7. The van der Waals surface area contributed by atoms with Gasteiger partial charge in [-0.2, -0.15) is 4.31 Å². The molecule has 2 aromatic heterocycles. The monoisotopic (exact) mass is 494 g/mol. The molecule has 0 unspecified atom stereocenters. The van der Waals surface area contributed by atoms with E-state index >= 15 is 0 Å². The Morgan fingerprint density at radius 2 is 1.90 bits per heavy atom. The van der Waals surface area contributed by atoms with Crippen molar-refractivity contribution in [2.24, 2.45) is 7.05 Å². The second-order valence-electron chi connectivity index (χ2n) is 6.78. The Balaban J connectivity index is 1.52. The van der Waals surface area contributed by atoms with Crippen LogP contribution in [0.1, 0.15) is 23.3 Å². The van der Waals surface area contributed by atoms with Crippen molar-refractivity contribution in [1.82, 2.24) is 13.9 Å². The highest BCUT2D eigenvalue weighted by Crippen LogP contribution is 2.27. The summed E-state index contributed by atoms with van der Waals surface area (Å²) in [5.74, 6) is -0.396. The summed E-state index contributed by atoms with van der Waals surface area (Å²) in [5, 5.41) is 5.09. The molecule has 1 aliphatic heterocycles. The van der Waals surface area contributed by atoms with E-state index in [9.17, 15) is 13.2 Å². The Kier molecular flexibility index (Phi) is 5.60. The molecule has 29 heavy (non-hydrogen) atoms. The molecule has 1 aliphatic rings. The van der Waals surface area contributed by atoms with Crippen LogP contribution in [-0.2, 0) is 17.1 Å². The Bertz CT molecular complexity index is 1150. The second kappa shape index (κ2) is 8.02. The fraction of sp³-hybridized carbons (Fsp3) is 0.263. The van der Waals surface area contributed by atoms with Gasteiger partial charge in [0.05, 0.1) is 5.69 Å². The van der Waals surface area contributed by atoms with E-state index in [1.807, 2.05) is 29.6 Å². The Morgan fingerprint density at radius 1 is 1.21 bits per heavy atom. The maximum Gasteiger partial charge on any atom is 0.274 e. The number of nitrogens with zero attached hydrogens (tertiary/aromatic N) is 3. The van der Waals surface area contributed by atoms with Crippen LogP contribution in [0.15, 0.2) is 51.3 Å². The van der Waals surface area contributed by atoms with Gasteiger partial charge in [-0.15, -0.1) is 11.3 Å². The van der Waals surface area contributed by atoms with Gasteiger partial charge in [-0.25, -0.2) is 13.4 Å². The highest BCUT2D eigenvalue weighted by atomic mass is 79.9. The van der Waals surface area contributed by atoms with Crippen LogP contribution >= 0.6 is 27.3 Å². The van der Waals surface area contributed by atoms with E-state index in [2.05, 4.69) is 26.2 Å². The van der Waals surface area contributed by atoms with Gasteiger partial charge >= 0.3 is 0 Å². The highest BCUT2D eigenvalue weighted by Gasteiger charge is 2.29. The van der Waals surface area contributed by atoms with Crippen molar-refractivity contribution >= 4 is 48.3 Å². The number of nitrogens with one attached hydrogen (secondary N) is 1. The summed E-state index contributed by atoms with van der Waals surface area (Å²) in [6, 6.07) is 9.17. The van der Waals surface area contributed by atoms with Gasteiger partial charge in [-0.05, 0) is 31.0 Å². The largest absolute Gasteiger partial charge is 0.345 e. The molecule has 1 aromatic carbocycles. The molecular weight excluding hydrogens is 476 g/mol. The van der Waals surface area contributed by atoms with Crippen LogP contribution in [0.3, 0.4) is 0 Å². The first-order valence-electron chi connectivity index (χ1n) is 9.04. The zero-order valence-electron chi connectivity index (χ0n) is 15.6. The van der Waals surface area contributed by atoms with E-state index in [4.69, 9.17) is 0 Å². The normalized spacial score (nSPS) is 15.0. The fourth-order valence-electron chi connectivity index (χ4n) is 3.22. The highest BCUT2D eigenvalue weighted by molar-refractivity contribution is 9.10. The van der Waals surface area contributed by atoms with E-state index in [0.29, 0.717) is 18.2 Å². The molecule has 0 saturated carbocycles. The van der Waals surface area contributed by atoms with E-state index in [-0.39, 0.29) is 10.6 Å². The second-order valence-corrected chi connectivity index (χ2v) is 10.5. The SMILES string of the molecule is Cn1cc(S(=O)(=O)N2CCCC2)cc1C(=O)Nc1nc(-c2ccc(Br)cc2)cs1. The summed E-state index contributed by atoms with van der Waals surface area (Å²) in [6.45, 7) is 1.05. The minimum absolute atomic E-state index is 0.141. The Morgan fingerprint density at radius 3 is 2.59 bits per heavy atom. The maximum absolute atomic E-state index is 12.7. The first-order chi connectivity index (χ1) is 13.8. The van der Waals surface area contributed by atoms with Crippen molar-refractivity contribution in [2.75, 3.05) is 18.4 Å². The minimum Gasteiger partial charge on any atom is -0.345 e. The summed E-state index contributed by atoms with van der Waals surface area (Å²) in [7, 11) is -1.91. The zero-order chi connectivity index (χ0) is 20.6. The molecule has 4 rings (SSSR count). The van der Waals surface area contributed by atoms with Gasteiger partial charge in [-0.3, -0.25) is 10.1 Å². The van der Waals surface area contributed by atoms with Crippen molar-refractivity contribution in [3.05, 3.63) is 52.1 Å². The van der Waals surface area contributed by atoms with Crippen LogP contribution < -0.4 is 5.32 Å². The van der Waals surface area contributed by atoms with Crippen LogP contribution in [0.4, 0.5) is 5.13 Å². The summed E-state index contributed by atoms with van der Waals surface area (Å²) >= 11 is 4.72. The standard InChI is InChI=1S/C19H19BrN4O3S2/c1-23-11-15(29(26,27)24-8-2-3-9-24)10-17(23)18(25)22-19-21-16(12-28-19)13-4-6-14(20)7-5-13/h4-7,10-12H,2-3,8-9H2,1H3,(H,21,22,25). The van der Waals surface area contributed by atoms with Crippen LogP contribution in [0.5, 0.6) is 0 Å². The van der Waals surface area contributed by atoms with Gasteiger partial charge in [0.2, 0.25) is 10.0 Å². The van der Waals surface area contributed by atoms with E-state index in [1.165, 1.54) is 32.5 Å². The smallest absolute Gasteiger partial charge is 0.274 e. The molecule has 3 heterocycles. The average molecular weight is 495 g/mol. The molecular formula is C19H19BrN4O3S2. The van der Waals surface area contributed by atoms with Crippen LogP contribution in [0.25, 0.3) is 11.3 Å². The third kappa shape index (κ3) is 4.16. The molecule has 0 bridgehead atoms. The molecule has 0 radical (unpaired) electrons. The number of hydrogen-bond acceptors (Lipinski definition) is 5. The van der Waals surface area contributed by atoms with Crippen molar-refractivity contribution in [3.63, 3.8) is 0 Å². The molecule has 0 atom stereocenters. The fourth-order valence-corrected chi connectivity index (χ4v) is 5.79. The topological polar surface area (TPSA) is 84.3 Å². The number of aryl methyl sites for hydroxylation is 1. The molecule has 10 heteroatoms. The lowest BCUT2D eigenvalue weighted by atomic mass is 10.2. The summed E-state index contributed by atoms with van der Waals surface area (Å²) < 4.78 is 29.4. The summed E-state index contributed by atoms with van der Waals surface area (Å²) in [6.07, 6.45) is 3.21. The van der Waals surface area contributed by atoms with Crippen molar-refractivity contribution < 1.29 is 13.2 Å². The number of thiazole rings is 1. The van der Waals surface area contributed by atoms with Gasteiger partial charge in [-0.1, -0.05) is 28.1 Å². The molecule has 7 nitrogen and oxygen atoms in total. The number of halogens is 1. The first-order valence-corrected chi connectivity index (χ1v) is 12.2. The molecule has 1 amide bonds. The number of rotatable bonds is 5. The molecule has 3 aromatic rings. The molecule has 0 spiro atoms. The average Bonchev–Trinajstić information content (AvgIpc) is 3.43. The van der Waals surface area contributed by atoms with Crippen molar-refractivity contribution in [1.29, 1.82) is 0 Å². The van der Waals surface area contributed by atoms with Gasteiger partial charge in [0, 0.05) is 41.8 Å². The number of amides is 1. The van der Waals surface area contributed by atoms with Gasteiger partial charge < -0.3 is 4.57 Å². The predicted molar refractivity (Wildman–Crippen MR) is 117 cm³/mol. The van der Waals surface area contributed by atoms with Crippen LogP contribution in [-0.4, -0.2) is 41.3 Å². The number of anilines is 1. The van der Waals surface area contributed by atoms with Gasteiger partial charge in [0.1, 0.15) is 10.6 Å². The van der Waals surface area contributed by atoms with E-state index < -0.39 is 15.9 Å². The Hall–Kier alpha value is -2.01. The summed E-state index contributed by atoms with van der Waals surface area (Å²) in [4.78, 5) is 17.3. The number of hydrogen-bond donors (Lipinski definition) is 1. The lowest BCUT2D eigenvalue weighted by molar-refractivity contribution is 0.101. The van der Waals surface area contributed by atoms with Crippen LogP contribution in [0.2, 0.25) is 0 Å². The van der Waals surface area contributed by atoms with Crippen molar-refractivity contribution in [3.8, 4) is 11.3 Å². The van der Waals surface area contributed by atoms with Crippen LogP contribution in [0, 0.1) is 0 Å². The molecule has 0 aliphatic carbocycles. The molecule has 1 saturated heterocycles. The zero-order valence-corrected chi connectivity index (χ0v) is 18.8. The number of benzene rings is 1. The van der Waals surface area contributed by atoms with Gasteiger partial charge in [0.15, 0.2) is 5.13 Å². The van der Waals surface area contributed by atoms with Gasteiger partial charge in [0.25, 0.3) is 5.91 Å². The molecule has 1 N–H and O–H groups in total. The van der Waals surface area contributed by atoms with E-state index in [0.717, 1.165) is 28.6 Å². The number of aromatic nitrogens is 2. The number of carbonyl (C=O) groups excluding carboxylic acids is 1. The third-order valence-electron chi connectivity index (χ3n) is 4.78. The minimum atomic E-state index is -3.57. The lowest BCUT2D eigenvalue weighted by Crippen LogP contribution is -2.27. The van der Waals surface area contributed by atoms with Crippen molar-refractivity contribution in [2.45, 2.75) is 17.7 Å². The quantitative estimate of drug-likeness (QED) is 0.581. The third-order valence-corrected chi connectivity index (χ3v) is 7.93. The predicted octanol–water partition coefficient (Wildman–Crippen LogP) is 3.95. The van der Waals surface area contributed by atoms with E-state index in [1.54, 1.807) is 7.05 Å². The Labute approximate surface area is 181 Å².